The molecule has 0 spiro atoms. The highest BCUT2D eigenvalue weighted by Gasteiger charge is 2.42. The van der Waals surface area contributed by atoms with Crippen LogP contribution in [0.4, 0.5) is 11.6 Å². The van der Waals surface area contributed by atoms with Crippen LogP contribution in [0.2, 0.25) is 0 Å². The van der Waals surface area contributed by atoms with Crippen molar-refractivity contribution >= 4 is 11.6 Å². The third kappa shape index (κ3) is 7.69. The van der Waals surface area contributed by atoms with Crippen LogP contribution < -0.4 is 14.8 Å². The molecule has 3 aromatic heterocycles. The average Bonchev–Trinajstić information content (AvgIpc) is 3.81. The monoisotopic (exact) mass is 668 g/mol. The number of hydrogen-bond acceptors (Lipinski definition) is 12. The van der Waals surface area contributed by atoms with Gasteiger partial charge in [-0.1, -0.05) is 6.07 Å². The van der Waals surface area contributed by atoms with Gasteiger partial charge in [-0.05, 0) is 77.0 Å². The minimum absolute atomic E-state index is 0.0889. The molecule has 2 N–H and O–H groups in total. The number of ether oxygens (including phenoxy) is 3. The summed E-state index contributed by atoms with van der Waals surface area (Å²) in [6.07, 6.45) is 15.1. The maximum atomic E-state index is 10.4. The van der Waals surface area contributed by atoms with Crippen LogP contribution in [0.15, 0.2) is 49.4 Å². The first-order chi connectivity index (χ1) is 23.7. The number of nitrogens with zero attached hydrogens (tertiary/aromatic N) is 9. The molecule has 5 heterocycles. The molecule has 3 atom stereocenters. The molecule has 1 saturated carbocycles. The molecule has 4 aromatic rings. The van der Waals surface area contributed by atoms with E-state index in [2.05, 4.69) is 36.3 Å². The van der Waals surface area contributed by atoms with Gasteiger partial charge in [0.25, 0.3) is 5.88 Å². The number of aliphatic hydroxyl groups is 1. The minimum atomic E-state index is -1.02. The summed E-state index contributed by atoms with van der Waals surface area (Å²) in [6, 6.07) is 9.62. The van der Waals surface area contributed by atoms with Crippen LogP contribution in [0.25, 0.3) is 11.1 Å². The van der Waals surface area contributed by atoms with Crippen molar-refractivity contribution in [2.45, 2.75) is 102 Å². The maximum Gasteiger partial charge on any atom is 0.257 e. The zero-order chi connectivity index (χ0) is 34.0. The topological polar surface area (TPSA) is 161 Å². The summed E-state index contributed by atoms with van der Waals surface area (Å²) in [5, 5.41) is 32.3. The summed E-state index contributed by atoms with van der Waals surface area (Å²) in [5.74, 6) is 1.26. The van der Waals surface area contributed by atoms with Crippen LogP contribution in [-0.2, 0) is 11.3 Å². The molecule has 3 fully saturated rings. The number of benzene rings is 1. The van der Waals surface area contributed by atoms with E-state index in [0.29, 0.717) is 53.5 Å². The van der Waals surface area contributed by atoms with Crippen molar-refractivity contribution in [3.63, 3.8) is 0 Å². The average molecular weight is 669 g/mol. The third-order valence-corrected chi connectivity index (χ3v) is 9.59. The number of nitrogens with one attached hydrogen (secondary N) is 1. The van der Waals surface area contributed by atoms with E-state index in [0.717, 1.165) is 50.0 Å². The van der Waals surface area contributed by atoms with Crippen molar-refractivity contribution in [2.75, 3.05) is 25.1 Å². The smallest absolute Gasteiger partial charge is 0.257 e. The highest BCUT2D eigenvalue weighted by molar-refractivity contribution is 5.67. The lowest BCUT2D eigenvalue weighted by Crippen LogP contribution is -2.52. The van der Waals surface area contributed by atoms with Gasteiger partial charge in [0.2, 0.25) is 5.95 Å². The lowest BCUT2D eigenvalue weighted by Gasteiger charge is -2.43. The van der Waals surface area contributed by atoms with E-state index in [4.69, 9.17) is 19.3 Å². The van der Waals surface area contributed by atoms with Crippen LogP contribution in [0.3, 0.4) is 0 Å². The van der Waals surface area contributed by atoms with Crippen molar-refractivity contribution in [2.24, 2.45) is 0 Å². The number of rotatable bonds is 12. The van der Waals surface area contributed by atoms with E-state index >= 15 is 0 Å². The van der Waals surface area contributed by atoms with Crippen LogP contribution in [0.5, 0.6) is 11.6 Å². The molecular formula is C35H44N10O4. The summed E-state index contributed by atoms with van der Waals surface area (Å²) >= 11 is 0. The Morgan fingerprint density at radius 1 is 1.04 bits per heavy atom. The Balaban J connectivity index is 1.04. The highest BCUT2D eigenvalue weighted by atomic mass is 16.5. The molecule has 49 heavy (non-hydrogen) atoms. The van der Waals surface area contributed by atoms with Gasteiger partial charge in [0, 0.05) is 36.1 Å². The van der Waals surface area contributed by atoms with Crippen LogP contribution in [-0.4, -0.2) is 94.2 Å². The molecular weight excluding hydrogens is 624 g/mol. The summed E-state index contributed by atoms with van der Waals surface area (Å²) in [7, 11) is 0. The molecule has 7 rings (SSSR count). The molecule has 0 radical (unpaired) electrons. The fraction of sp³-hybridized carbons (Fsp3) is 0.543. The molecule has 258 valence electrons. The zero-order valence-corrected chi connectivity index (χ0v) is 28.3. The molecule has 14 heteroatoms. The minimum Gasteiger partial charge on any atom is -0.487 e. The third-order valence-electron chi connectivity index (χ3n) is 9.59. The molecule has 0 amide bonds. The largest absolute Gasteiger partial charge is 0.487 e. The second-order valence-corrected chi connectivity index (χ2v) is 14.1. The molecule has 1 unspecified atom stereocenters. The van der Waals surface area contributed by atoms with Gasteiger partial charge in [-0.3, -0.25) is 9.58 Å². The lowest BCUT2D eigenvalue weighted by molar-refractivity contribution is -0.0458. The van der Waals surface area contributed by atoms with Gasteiger partial charge in [-0.15, -0.1) is 5.10 Å². The Labute approximate surface area is 286 Å². The van der Waals surface area contributed by atoms with E-state index in [9.17, 15) is 10.4 Å². The fourth-order valence-corrected chi connectivity index (χ4v) is 7.27. The standard InChI is InChI=1S/C35H44N10O4/c1-23(16-43-22-37-21-40-43)49-32-12-24(4-5-25(32)13-36)26-14-38-34(39-15-26)41-31-17-44(42-33(31)48-20-35(2,3)46)27-6-8-28(9-7-27)45-29-10-11-30(45)19-47-18-29/h4-5,12,14-15,17,21-23,27-30,46H,6-11,16,18-20H2,1-3H3,(H,38,39,41)/t23?,27?,28?,29-,30+. The summed E-state index contributed by atoms with van der Waals surface area (Å²) in [4.78, 5) is 15.9. The number of hydrogen-bond donors (Lipinski definition) is 2. The normalized spacial score (nSPS) is 23.2. The first kappa shape index (κ1) is 32.9. The number of nitriles is 1. The van der Waals surface area contributed by atoms with Gasteiger partial charge < -0.3 is 24.6 Å². The molecule has 1 aliphatic carbocycles. The molecule has 2 aliphatic heterocycles. The zero-order valence-electron chi connectivity index (χ0n) is 28.3. The first-order valence-corrected chi connectivity index (χ1v) is 17.1. The second kappa shape index (κ2) is 14.1. The lowest BCUT2D eigenvalue weighted by atomic mass is 9.89. The Morgan fingerprint density at radius 2 is 1.76 bits per heavy atom. The number of aromatic nitrogens is 7. The quantitative estimate of drug-likeness (QED) is 0.218. The van der Waals surface area contributed by atoms with Gasteiger partial charge in [0.05, 0.1) is 43.2 Å². The Hall–Kier alpha value is -4.58. The van der Waals surface area contributed by atoms with E-state index in [1.165, 1.54) is 19.2 Å². The van der Waals surface area contributed by atoms with Crippen molar-refractivity contribution in [1.29, 1.82) is 5.26 Å². The van der Waals surface area contributed by atoms with E-state index < -0.39 is 5.60 Å². The van der Waals surface area contributed by atoms with Crippen molar-refractivity contribution in [3.8, 4) is 28.8 Å². The van der Waals surface area contributed by atoms with E-state index in [-0.39, 0.29) is 18.8 Å². The predicted molar refractivity (Wildman–Crippen MR) is 180 cm³/mol. The number of morpholine rings is 1. The van der Waals surface area contributed by atoms with Gasteiger partial charge >= 0.3 is 0 Å². The molecule has 1 aromatic carbocycles. The van der Waals surface area contributed by atoms with Crippen molar-refractivity contribution in [1.82, 2.24) is 39.4 Å². The second-order valence-electron chi connectivity index (χ2n) is 14.1. The first-order valence-electron chi connectivity index (χ1n) is 17.1. The van der Waals surface area contributed by atoms with Crippen molar-refractivity contribution in [3.05, 3.63) is 55.0 Å². The van der Waals surface area contributed by atoms with Gasteiger partial charge in [-0.2, -0.15) is 10.4 Å². The van der Waals surface area contributed by atoms with E-state index in [1.54, 1.807) is 43.3 Å². The molecule has 2 bridgehead atoms. The summed E-state index contributed by atoms with van der Waals surface area (Å²) in [5.41, 5.74) is 1.64. The van der Waals surface area contributed by atoms with Gasteiger partial charge in [0.1, 0.15) is 42.9 Å². The Morgan fingerprint density at radius 3 is 2.43 bits per heavy atom. The van der Waals surface area contributed by atoms with Crippen LogP contribution in [0, 0.1) is 11.3 Å². The van der Waals surface area contributed by atoms with Crippen molar-refractivity contribution < 1.29 is 19.3 Å². The molecule has 3 aliphatic rings. The van der Waals surface area contributed by atoms with Gasteiger partial charge in [-0.25, -0.2) is 19.6 Å². The predicted octanol–water partition coefficient (Wildman–Crippen LogP) is 4.51. The summed E-state index contributed by atoms with van der Waals surface area (Å²) < 4.78 is 21.7. The Bertz CT molecular complexity index is 1720. The van der Waals surface area contributed by atoms with E-state index in [1.807, 2.05) is 29.9 Å². The van der Waals surface area contributed by atoms with Gasteiger partial charge in [0.15, 0.2) is 0 Å². The number of anilines is 2. The SMILES string of the molecule is CC(Cn1cncn1)Oc1cc(-c2cnc(Nc3cn(C4CCC(N5[C@@H]6CC[C@H]5COC6)CC4)nc3OCC(C)(C)O)nc2)ccc1C#N. The summed E-state index contributed by atoms with van der Waals surface area (Å²) in [6.45, 7) is 7.64. The molecule has 14 nitrogen and oxygen atoms in total. The van der Waals surface area contributed by atoms with Crippen LogP contribution in [0.1, 0.15) is 70.9 Å². The maximum absolute atomic E-state index is 10.4. The molecule has 2 saturated heterocycles. The Kier molecular flexibility index (Phi) is 9.48. The van der Waals surface area contributed by atoms with Crippen LogP contribution >= 0.6 is 0 Å². The highest BCUT2D eigenvalue weighted by Crippen LogP contribution is 2.39. The fourth-order valence-electron chi connectivity index (χ4n) is 7.27. The number of fused-ring (bicyclic) bond motifs is 2.